The maximum absolute atomic E-state index is 12.4. The molecule has 134 valence electrons. The first-order chi connectivity index (χ1) is 11.3. The molecule has 1 aliphatic heterocycles. The highest BCUT2D eigenvalue weighted by Gasteiger charge is 2.21. The lowest BCUT2D eigenvalue weighted by Gasteiger charge is -2.31. The van der Waals surface area contributed by atoms with Crippen LogP contribution < -0.4 is 10.2 Å². The van der Waals surface area contributed by atoms with E-state index in [4.69, 9.17) is 0 Å². The number of nitrogens with zero attached hydrogens (tertiary/aromatic N) is 1. The van der Waals surface area contributed by atoms with Crippen molar-refractivity contribution in [3.05, 3.63) is 29.8 Å². The predicted molar refractivity (Wildman–Crippen MR) is 96.3 cm³/mol. The maximum Gasteiger partial charge on any atom is 0.251 e. The fourth-order valence-corrected chi connectivity index (χ4v) is 3.12. The Morgan fingerprint density at radius 3 is 2.33 bits per heavy atom. The van der Waals surface area contributed by atoms with Gasteiger partial charge in [-0.15, -0.1) is 0 Å². The molecule has 5 nitrogen and oxygen atoms in total. The van der Waals surface area contributed by atoms with Crippen LogP contribution in [0.25, 0.3) is 0 Å². The van der Waals surface area contributed by atoms with Gasteiger partial charge in [-0.3, -0.25) is 4.79 Å². The highest BCUT2D eigenvalue weighted by molar-refractivity contribution is 5.94. The fourth-order valence-electron chi connectivity index (χ4n) is 3.12. The van der Waals surface area contributed by atoms with E-state index >= 15 is 0 Å². The van der Waals surface area contributed by atoms with E-state index in [0.717, 1.165) is 38.0 Å². The van der Waals surface area contributed by atoms with Gasteiger partial charge in [-0.25, -0.2) is 0 Å². The van der Waals surface area contributed by atoms with Gasteiger partial charge >= 0.3 is 0 Å². The molecule has 1 aromatic rings. The lowest BCUT2D eigenvalue weighted by atomic mass is 9.88. The van der Waals surface area contributed by atoms with Gasteiger partial charge in [0.05, 0.1) is 18.8 Å². The van der Waals surface area contributed by atoms with Crippen molar-refractivity contribution in [3.63, 3.8) is 0 Å². The average molecular weight is 334 g/mol. The lowest BCUT2D eigenvalue weighted by Crippen LogP contribution is -2.40. The van der Waals surface area contributed by atoms with E-state index in [1.807, 2.05) is 24.3 Å². The van der Waals surface area contributed by atoms with Crippen LogP contribution in [0.15, 0.2) is 24.3 Å². The topological polar surface area (TPSA) is 72.8 Å². The molecule has 0 aliphatic carbocycles. The van der Waals surface area contributed by atoms with Gasteiger partial charge < -0.3 is 20.4 Å². The molecule has 1 fully saturated rings. The van der Waals surface area contributed by atoms with Crippen molar-refractivity contribution in [2.24, 2.45) is 5.41 Å². The predicted octanol–water partition coefficient (Wildman–Crippen LogP) is 2.17. The second kappa shape index (κ2) is 7.99. The number of amides is 1. The second-order valence-electron chi connectivity index (χ2n) is 7.88. The molecule has 1 saturated heterocycles. The molecule has 1 aromatic carbocycles. The third-order valence-electron chi connectivity index (χ3n) is 4.37. The number of hydrogen-bond donors (Lipinski definition) is 3. The van der Waals surface area contributed by atoms with Crippen molar-refractivity contribution in [2.45, 2.75) is 52.2 Å². The summed E-state index contributed by atoms with van der Waals surface area (Å²) in [4.78, 5) is 14.6. The number of piperidine rings is 1. The quantitative estimate of drug-likeness (QED) is 0.772. The van der Waals surface area contributed by atoms with Gasteiger partial charge in [0.15, 0.2) is 0 Å². The van der Waals surface area contributed by atoms with Gasteiger partial charge in [0.2, 0.25) is 0 Å². The third-order valence-corrected chi connectivity index (χ3v) is 4.37. The van der Waals surface area contributed by atoms with Crippen molar-refractivity contribution in [1.82, 2.24) is 5.32 Å². The molecule has 0 spiro atoms. The Hall–Kier alpha value is -1.59. The largest absolute Gasteiger partial charge is 0.394 e. The Kier molecular flexibility index (Phi) is 6.24. The van der Waals surface area contributed by atoms with Gasteiger partial charge in [0.25, 0.3) is 5.91 Å². The molecule has 2 rings (SSSR count). The number of anilines is 1. The molecular formula is C19H30N2O3. The summed E-state index contributed by atoms with van der Waals surface area (Å²) in [5.74, 6) is -0.154. The molecule has 0 bridgehead atoms. The summed E-state index contributed by atoms with van der Waals surface area (Å²) in [5, 5.41) is 22.0. The van der Waals surface area contributed by atoms with Crippen LogP contribution in [0.2, 0.25) is 0 Å². The Bertz CT molecular complexity index is 529. The van der Waals surface area contributed by atoms with Crippen molar-refractivity contribution in [3.8, 4) is 0 Å². The van der Waals surface area contributed by atoms with E-state index in [1.165, 1.54) is 0 Å². The molecule has 1 amide bonds. The minimum atomic E-state index is -0.235. The summed E-state index contributed by atoms with van der Waals surface area (Å²) < 4.78 is 0. The summed E-state index contributed by atoms with van der Waals surface area (Å²) in [7, 11) is 0. The molecule has 1 heterocycles. The van der Waals surface area contributed by atoms with Crippen LogP contribution >= 0.6 is 0 Å². The van der Waals surface area contributed by atoms with Gasteiger partial charge in [0.1, 0.15) is 0 Å². The summed E-state index contributed by atoms with van der Waals surface area (Å²) in [5.41, 5.74) is 1.72. The molecule has 5 heteroatoms. The van der Waals surface area contributed by atoms with Crippen molar-refractivity contribution in [1.29, 1.82) is 0 Å². The number of carbonyl (C=O) groups excluding carboxylic acids is 1. The molecule has 0 radical (unpaired) electrons. The Morgan fingerprint density at radius 2 is 1.83 bits per heavy atom. The summed E-state index contributed by atoms with van der Waals surface area (Å²) >= 11 is 0. The lowest BCUT2D eigenvalue weighted by molar-refractivity contribution is 0.0897. The standard InChI is InChI=1S/C19H30N2O3/c1-19(2,3)12-15(13-22)20-18(24)14-4-6-16(7-5-14)21-10-8-17(23)9-11-21/h4-7,15,17,22-23H,8-13H2,1-3H3,(H,20,24). The SMILES string of the molecule is CC(C)(C)CC(CO)NC(=O)c1ccc(N2CCC(O)CC2)cc1. The van der Waals surface area contributed by atoms with Crippen LogP contribution in [-0.2, 0) is 0 Å². The van der Waals surface area contributed by atoms with Crippen molar-refractivity contribution < 1.29 is 15.0 Å². The van der Waals surface area contributed by atoms with Crippen LogP contribution in [0.1, 0.15) is 50.4 Å². The molecular weight excluding hydrogens is 304 g/mol. The zero-order valence-corrected chi connectivity index (χ0v) is 15.0. The van der Waals surface area contributed by atoms with E-state index in [2.05, 4.69) is 31.0 Å². The number of benzene rings is 1. The maximum atomic E-state index is 12.4. The zero-order valence-electron chi connectivity index (χ0n) is 15.0. The molecule has 3 N–H and O–H groups in total. The number of rotatable bonds is 5. The van der Waals surface area contributed by atoms with Crippen LogP contribution in [0.5, 0.6) is 0 Å². The van der Waals surface area contributed by atoms with Crippen molar-refractivity contribution in [2.75, 3.05) is 24.6 Å². The van der Waals surface area contributed by atoms with E-state index in [0.29, 0.717) is 5.56 Å². The smallest absolute Gasteiger partial charge is 0.251 e. The van der Waals surface area contributed by atoms with Gasteiger partial charge in [-0.05, 0) is 48.9 Å². The first-order valence-electron chi connectivity index (χ1n) is 8.73. The number of aliphatic hydroxyl groups is 2. The molecule has 1 aliphatic rings. The number of aliphatic hydroxyl groups excluding tert-OH is 2. The van der Waals surface area contributed by atoms with Crippen LogP contribution in [-0.4, -0.2) is 48.0 Å². The van der Waals surface area contributed by atoms with E-state index in [9.17, 15) is 15.0 Å². The first-order valence-corrected chi connectivity index (χ1v) is 8.73. The monoisotopic (exact) mass is 334 g/mol. The first kappa shape index (κ1) is 18.7. The van der Waals surface area contributed by atoms with E-state index in [1.54, 1.807) is 0 Å². The van der Waals surface area contributed by atoms with Gasteiger partial charge in [0, 0.05) is 24.3 Å². The Morgan fingerprint density at radius 1 is 1.25 bits per heavy atom. The summed E-state index contributed by atoms with van der Waals surface area (Å²) in [6, 6.07) is 7.30. The molecule has 0 aromatic heterocycles. The van der Waals surface area contributed by atoms with Gasteiger partial charge in [-0.2, -0.15) is 0 Å². The van der Waals surface area contributed by atoms with E-state index < -0.39 is 0 Å². The highest BCUT2D eigenvalue weighted by Crippen LogP contribution is 2.22. The molecule has 24 heavy (non-hydrogen) atoms. The van der Waals surface area contributed by atoms with Crippen LogP contribution in [0, 0.1) is 5.41 Å². The van der Waals surface area contributed by atoms with Crippen LogP contribution in [0.3, 0.4) is 0 Å². The Labute approximate surface area is 144 Å². The van der Waals surface area contributed by atoms with Gasteiger partial charge in [-0.1, -0.05) is 20.8 Å². The minimum Gasteiger partial charge on any atom is -0.394 e. The molecule has 1 unspecified atom stereocenters. The number of nitrogens with one attached hydrogen (secondary N) is 1. The molecule has 1 atom stereocenters. The summed E-state index contributed by atoms with van der Waals surface area (Å²) in [6.45, 7) is 7.89. The minimum absolute atomic E-state index is 0.0450. The second-order valence-corrected chi connectivity index (χ2v) is 7.88. The fraction of sp³-hybridized carbons (Fsp3) is 0.632. The number of carbonyl (C=O) groups is 1. The highest BCUT2D eigenvalue weighted by atomic mass is 16.3. The third kappa shape index (κ3) is 5.49. The van der Waals surface area contributed by atoms with Crippen LogP contribution in [0.4, 0.5) is 5.69 Å². The normalized spacial score (nSPS) is 17.6. The zero-order chi connectivity index (χ0) is 17.7. The van der Waals surface area contributed by atoms with E-state index in [-0.39, 0.29) is 30.1 Å². The summed E-state index contributed by atoms with van der Waals surface area (Å²) in [6.07, 6.45) is 2.11. The average Bonchev–Trinajstić information content (AvgIpc) is 2.54. The number of hydrogen-bond acceptors (Lipinski definition) is 4. The van der Waals surface area contributed by atoms with Crippen molar-refractivity contribution >= 4 is 11.6 Å². The molecule has 0 saturated carbocycles. The Balaban J connectivity index is 1.95.